The summed E-state index contributed by atoms with van der Waals surface area (Å²) in [5, 5.41) is 12.0. The Hall–Kier alpha value is -2.97. The molecule has 1 unspecified atom stereocenters. The van der Waals surface area contributed by atoms with Gasteiger partial charge in [-0.15, -0.1) is 0 Å². The minimum Gasteiger partial charge on any atom is -0.476 e. The molecule has 1 atom stereocenters. The third-order valence-electron chi connectivity index (χ3n) is 3.83. The van der Waals surface area contributed by atoms with Crippen molar-refractivity contribution in [1.29, 1.82) is 0 Å². The molecule has 7 nitrogen and oxygen atoms in total. The number of para-hydroxylation sites is 2. The van der Waals surface area contributed by atoms with E-state index in [2.05, 4.69) is 20.0 Å². The van der Waals surface area contributed by atoms with Crippen LogP contribution >= 0.6 is 0 Å². The molecule has 0 aliphatic carbocycles. The van der Waals surface area contributed by atoms with Crippen LogP contribution < -0.4 is 15.0 Å². The van der Waals surface area contributed by atoms with Crippen LogP contribution in [0.1, 0.15) is 16.9 Å². The van der Waals surface area contributed by atoms with Crippen molar-refractivity contribution in [2.24, 2.45) is 0 Å². The summed E-state index contributed by atoms with van der Waals surface area (Å²) in [5.74, 6) is -0.528. The molecule has 0 bridgehead atoms. The first-order valence-corrected chi connectivity index (χ1v) is 7.63. The molecule has 1 fully saturated rings. The maximum absolute atomic E-state index is 12.5. The van der Waals surface area contributed by atoms with Gasteiger partial charge in [0.15, 0.2) is 5.69 Å². The largest absolute Gasteiger partial charge is 0.476 e. The van der Waals surface area contributed by atoms with Crippen LogP contribution in [0.15, 0.2) is 36.7 Å². The van der Waals surface area contributed by atoms with Gasteiger partial charge < -0.3 is 20.1 Å². The lowest BCUT2D eigenvalue weighted by molar-refractivity contribution is -0.0495. The maximum Gasteiger partial charge on any atom is 0.387 e. The van der Waals surface area contributed by atoms with E-state index >= 15 is 0 Å². The van der Waals surface area contributed by atoms with E-state index in [-0.39, 0.29) is 17.5 Å². The van der Waals surface area contributed by atoms with Gasteiger partial charge in [-0.05, 0) is 18.6 Å². The summed E-state index contributed by atoms with van der Waals surface area (Å²) in [5.41, 5.74) is 0.482. The van der Waals surface area contributed by atoms with E-state index in [1.165, 1.54) is 18.5 Å². The molecule has 1 aromatic carbocycles. The van der Waals surface area contributed by atoms with E-state index in [0.29, 0.717) is 24.6 Å². The molecule has 1 aromatic heterocycles. The zero-order valence-electron chi connectivity index (χ0n) is 13.1. The predicted octanol–water partition coefficient (Wildman–Crippen LogP) is 2.47. The fraction of sp³-hybridized carbons (Fsp3) is 0.312. The molecule has 9 heteroatoms. The number of nitrogens with one attached hydrogen (secondary N) is 1. The van der Waals surface area contributed by atoms with Crippen molar-refractivity contribution in [2.45, 2.75) is 19.1 Å². The molecule has 1 aliphatic heterocycles. The Kier molecular flexibility index (Phi) is 4.92. The van der Waals surface area contributed by atoms with Gasteiger partial charge in [-0.25, -0.2) is 14.8 Å². The number of hydrogen-bond acceptors (Lipinski definition) is 6. The topological polar surface area (TPSA) is 87.6 Å². The van der Waals surface area contributed by atoms with E-state index in [0.717, 1.165) is 6.42 Å². The number of hydrogen-bond donors (Lipinski definition) is 2. The zero-order valence-corrected chi connectivity index (χ0v) is 13.1. The number of nitrogens with zero attached hydrogens (tertiary/aromatic N) is 3. The summed E-state index contributed by atoms with van der Waals surface area (Å²) in [6.07, 6.45) is 3.31. The molecule has 1 aliphatic rings. The number of benzene rings is 1. The second-order valence-corrected chi connectivity index (χ2v) is 5.51. The van der Waals surface area contributed by atoms with E-state index in [9.17, 15) is 13.6 Å². The zero-order chi connectivity index (χ0) is 17.8. The molecule has 2 heterocycles. The Morgan fingerprint density at radius 3 is 2.80 bits per heavy atom. The summed E-state index contributed by atoms with van der Waals surface area (Å²) < 4.78 is 29.6. The number of ether oxygens (including phenoxy) is 1. The molecule has 1 saturated heterocycles. The number of anilines is 2. The minimum atomic E-state index is -2.87. The normalized spacial score (nSPS) is 16.9. The summed E-state index contributed by atoms with van der Waals surface area (Å²) in [4.78, 5) is 20.5. The lowest BCUT2D eigenvalue weighted by Crippen LogP contribution is -2.27. The molecular weight excluding hydrogens is 334 g/mol. The first-order chi connectivity index (χ1) is 12.0. The highest BCUT2D eigenvalue weighted by molar-refractivity contribution is 5.84. The number of alkyl halides is 2. The average molecular weight is 350 g/mol. The van der Waals surface area contributed by atoms with Crippen LogP contribution in [-0.4, -0.2) is 46.8 Å². The van der Waals surface area contributed by atoms with Crippen molar-refractivity contribution in [3.8, 4) is 5.75 Å². The molecule has 0 saturated carbocycles. The summed E-state index contributed by atoms with van der Waals surface area (Å²) in [6, 6.07) is 6.70. The molecule has 132 valence electrons. The monoisotopic (exact) mass is 350 g/mol. The summed E-state index contributed by atoms with van der Waals surface area (Å²) >= 11 is 0. The minimum absolute atomic E-state index is 0.0320. The number of aromatic carboxylic acids is 1. The second-order valence-electron chi connectivity index (χ2n) is 5.51. The fourth-order valence-electron chi connectivity index (χ4n) is 2.73. The SMILES string of the molecule is O=C(O)c1cnc(NC2CCN(c3ccccc3OC(F)F)C2)cn1. The molecule has 3 rings (SSSR count). The van der Waals surface area contributed by atoms with Gasteiger partial charge in [-0.3, -0.25) is 0 Å². The van der Waals surface area contributed by atoms with Gasteiger partial charge in [0, 0.05) is 19.1 Å². The summed E-state index contributed by atoms with van der Waals surface area (Å²) in [7, 11) is 0. The highest BCUT2D eigenvalue weighted by Crippen LogP contribution is 2.32. The molecule has 2 N–H and O–H groups in total. The van der Waals surface area contributed by atoms with Gasteiger partial charge in [0.05, 0.1) is 18.1 Å². The quantitative estimate of drug-likeness (QED) is 0.827. The van der Waals surface area contributed by atoms with E-state index in [1.54, 1.807) is 18.2 Å². The Labute approximate surface area is 142 Å². The van der Waals surface area contributed by atoms with Gasteiger partial charge >= 0.3 is 12.6 Å². The Morgan fingerprint density at radius 1 is 1.32 bits per heavy atom. The van der Waals surface area contributed by atoms with Gasteiger partial charge in [0.25, 0.3) is 0 Å². The van der Waals surface area contributed by atoms with Crippen LogP contribution in [0.4, 0.5) is 20.3 Å². The number of rotatable bonds is 6. The smallest absolute Gasteiger partial charge is 0.387 e. The molecule has 0 spiro atoms. The van der Waals surface area contributed by atoms with Crippen LogP contribution in [0.5, 0.6) is 5.75 Å². The van der Waals surface area contributed by atoms with Crippen LogP contribution in [0, 0.1) is 0 Å². The van der Waals surface area contributed by atoms with Crippen LogP contribution in [0.3, 0.4) is 0 Å². The third kappa shape index (κ3) is 4.11. The number of halogens is 2. The molecule has 0 amide bonds. The van der Waals surface area contributed by atoms with Crippen molar-refractivity contribution in [3.05, 3.63) is 42.4 Å². The van der Waals surface area contributed by atoms with Crippen LogP contribution in [-0.2, 0) is 0 Å². The third-order valence-corrected chi connectivity index (χ3v) is 3.83. The van der Waals surface area contributed by atoms with Gasteiger partial charge in [0.2, 0.25) is 0 Å². The molecule has 0 radical (unpaired) electrons. The highest BCUT2D eigenvalue weighted by Gasteiger charge is 2.25. The number of carboxylic acids is 1. The average Bonchev–Trinajstić information content (AvgIpc) is 3.03. The maximum atomic E-state index is 12.5. The number of carboxylic acid groups (broad SMARTS) is 1. The van der Waals surface area contributed by atoms with Gasteiger partial charge in [0.1, 0.15) is 11.6 Å². The van der Waals surface area contributed by atoms with Crippen LogP contribution in [0.2, 0.25) is 0 Å². The Bertz CT molecular complexity index is 742. The van der Waals surface area contributed by atoms with E-state index in [4.69, 9.17) is 5.11 Å². The first kappa shape index (κ1) is 16.9. The number of carbonyl (C=O) groups is 1. The number of aromatic nitrogens is 2. The molecule has 25 heavy (non-hydrogen) atoms. The molecule has 2 aromatic rings. The first-order valence-electron chi connectivity index (χ1n) is 7.63. The highest BCUT2D eigenvalue weighted by atomic mass is 19.3. The van der Waals surface area contributed by atoms with Crippen molar-refractivity contribution in [3.63, 3.8) is 0 Å². The fourth-order valence-corrected chi connectivity index (χ4v) is 2.73. The van der Waals surface area contributed by atoms with Crippen molar-refractivity contribution >= 4 is 17.5 Å². The van der Waals surface area contributed by atoms with E-state index < -0.39 is 12.6 Å². The lowest BCUT2D eigenvalue weighted by atomic mass is 10.2. The van der Waals surface area contributed by atoms with Crippen molar-refractivity contribution in [1.82, 2.24) is 9.97 Å². The van der Waals surface area contributed by atoms with Gasteiger partial charge in [-0.1, -0.05) is 12.1 Å². The Morgan fingerprint density at radius 2 is 2.12 bits per heavy atom. The van der Waals surface area contributed by atoms with E-state index in [1.807, 2.05) is 4.90 Å². The standard InChI is InChI=1S/C16H16F2N4O3/c17-16(18)25-13-4-2-1-3-12(13)22-6-5-10(9-22)21-14-8-19-11(7-20-14)15(23)24/h1-4,7-8,10,16H,5-6,9H2,(H,20,21)(H,23,24). The predicted molar refractivity (Wildman–Crippen MR) is 86.3 cm³/mol. The second kappa shape index (κ2) is 7.29. The van der Waals surface area contributed by atoms with Gasteiger partial charge in [-0.2, -0.15) is 8.78 Å². The van der Waals surface area contributed by atoms with Crippen molar-refractivity contribution in [2.75, 3.05) is 23.3 Å². The van der Waals surface area contributed by atoms with Crippen LogP contribution in [0.25, 0.3) is 0 Å². The van der Waals surface area contributed by atoms with Crippen molar-refractivity contribution < 1.29 is 23.4 Å². The summed E-state index contributed by atoms with van der Waals surface area (Å²) in [6.45, 7) is -1.63. The Balaban J connectivity index is 1.65. The lowest BCUT2D eigenvalue weighted by Gasteiger charge is -2.22. The molecular formula is C16H16F2N4O3.